The van der Waals surface area contributed by atoms with Crippen LogP contribution in [-0.4, -0.2) is 28.1 Å². The van der Waals surface area contributed by atoms with E-state index in [2.05, 4.69) is 20.4 Å². The molecule has 32 heavy (non-hydrogen) atoms. The standard InChI is InChI=1S/C23H19ClN4O3S/c1-30-17-5-7-18(8-6-17)32-20-9-4-16(13-19(20)24)26-21(29)10-11-22-27-23(28-31-22)15-3-2-12-25-14-15/h2-9,12-14H,10-11H2,1H3,(H,26,29). The number of benzene rings is 2. The van der Waals surface area contributed by atoms with Crippen molar-refractivity contribution in [2.24, 2.45) is 0 Å². The Kier molecular flexibility index (Phi) is 7.03. The average molecular weight is 467 g/mol. The maximum absolute atomic E-state index is 12.3. The van der Waals surface area contributed by atoms with E-state index in [9.17, 15) is 4.79 Å². The summed E-state index contributed by atoms with van der Waals surface area (Å²) in [6.45, 7) is 0. The smallest absolute Gasteiger partial charge is 0.227 e. The number of anilines is 1. The van der Waals surface area contributed by atoms with Crippen molar-refractivity contribution in [3.8, 4) is 17.1 Å². The number of nitrogens with one attached hydrogen (secondary N) is 1. The minimum absolute atomic E-state index is 0.169. The molecule has 4 rings (SSSR count). The second kappa shape index (κ2) is 10.3. The van der Waals surface area contributed by atoms with Crippen molar-refractivity contribution in [1.82, 2.24) is 15.1 Å². The highest BCUT2D eigenvalue weighted by atomic mass is 35.5. The Morgan fingerprint density at radius 3 is 2.75 bits per heavy atom. The Balaban J connectivity index is 1.31. The van der Waals surface area contributed by atoms with Crippen molar-refractivity contribution in [2.45, 2.75) is 22.6 Å². The summed E-state index contributed by atoms with van der Waals surface area (Å²) in [5.41, 5.74) is 1.38. The molecule has 0 unspecified atom stereocenters. The van der Waals surface area contributed by atoms with Gasteiger partial charge in [0.1, 0.15) is 5.75 Å². The maximum atomic E-state index is 12.3. The molecule has 7 nitrogen and oxygen atoms in total. The minimum Gasteiger partial charge on any atom is -0.497 e. The van der Waals surface area contributed by atoms with Crippen LogP contribution in [0.4, 0.5) is 5.69 Å². The number of nitrogens with zero attached hydrogens (tertiary/aromatic N) is 3. The van der Waals surface area contributed by atoms with Crippen molar-refractivity contribution < 1.29 is 14.1 Å². The van der Waals surface area contributed by atoms with E-state index in [1.165, 1.54) is 11.8 Å². The SMILES string of the molecule is COc1ccc(Sc2ccc(NC(=O)CCc3nc(-c4cccnc4)no3)cc2Cl)cc1. The number of carbonyl (C=O) groups excluding carboxylic acids is 1. The summed E-state index contributed by atoms with van der Waals surface area (Å²) in [5, 5.41) is 7.33. The number of carbonyl (C=O) groups is 1. The summed E-state index contributed by atoms with van der Waals surface area (Å²) in [6, 6.07) is 16.8. The number of ether oxygens (including phenoxy) is 1. The zero-order valence-corrected chi connectivity index (χ0v) is 18.7. The van der Waals surface area contributed by atoms with Crippen LogP contribution in [0, 0.1) is 0 Å². The highest BCUT2D eigenvalue weighted by Gasteiger charge is 2.12. The summed E-state index contributed by atoms with van der Waals surface area (Å²) < 4.78 is 10.4. The van der Waals surface area contributed by atoms with E-state index in [1.54, 1.807) is 31.6 Å². The Hall–Kier alpha value is -3.36. The van der Waals surface area contributed by atoms with Crippen molar-refractivity contribution in [2.75, 3.05) is 12.4 Å². The maximum Gasteiger partial charge on any atom is 0.227 e. The van der Waals surface area contributed by atoms with E-state index in [-0.39, 0.29) is 12.3 Å². The second-order valence-corrected chi connectivity index (χ2v) is 8.25. The summed E-state index contributed by atoms with van der Waals surface area (Å²) in [6.07, 6.45) is 3.86. The molecule has 0 aliphatic carbocycles. The molecule has 0 saturated heterocycles. The third kappa shape index (κ3) is 5.66. The lowest BCUT2D eigenvalue weighted by Gasteiger charge is -2.09. The fraction of sp³-hybridized carbons (Fsp3) is 0.130. The first kappa shape index (κ1) is 21.9. The quantitative estimate of drug-likeness (QED) is 0.365. The van der Waals surface area contributed by atoms with Crippen LogP contribution in [0.5, 0.6) is 5.75 Å². The van der Waals surface area contributed by atoms with Crippen LogP contribution in [0.2, 0.25) is 5.02 Å². The molecule has 0 saturated carbocycles. The molecule has 4 aromatic rings. The molecule has 0 bridgehead atoms. The number of aryl methyl sites for hydroxylation is 1. The first-order chi connectivity index (χ1) is 15.6. The molecule has 0 atom stereocenters. The zero-order chi connectivity index (χ0) is 22.3. The molecule has 0 fully saturated rings. The van der Waals surface area contributed by atoms with Crippen molar-refractivity contribution in [3.05, 3.63) is 77.9 Å². The monoisotopic (exact) mass is 466 g/mol. The lowest BCUT2D eigenvalue weighted by atomic mass is 10.2. The first-order valence-electron chi connectivity index (χ1n) is 9.75. The van der Waals surface area contributed by atoms with E-state index in [0.717, 1.165) is 21.1 Å². The van der Waals surface area contributed by atoms with Crippen molar-refractivity contribution in [1.29, 1.82) is 0 Å². The van der Waals surface area contributed by atoms with Crippen LogP contribution in [0.15, 0.2) is 81.3 Å². The molecule has 0 aliphatic heterocycles. The van der Waals surface area contributed by atoms with Gasteiger partial charge >= 0.3 is 0 Å². The molecule has 2 aromatic carbocycles. The van der Waals surface area contributed by atoms with Gasteiger partial charge in [0, 0.05) is 46.3 Å². The van der Waals surface area contributed by atoms with Gasteiger partial charge in [-0.2, -0.15) is 4.98 Å². The van der Waals surface area contributed by atoms with Gasteiger partial charge in [0.25, 0.3) is 0 Å². The topological polar surface area (TPSA) is 90.1 Å². The number of amides is 1. The zero-order valence-electron chi connectivity index (χ0n) is 17.1. The summed E-state index contributed by atoms with van der Waals surface area (Å²) >= 11 is 7.96. The molecule has 2 aromatic heterocycles. The third-order valence-electron chi connectivity index (χ3n) is 4.46. The van der Waals surface area contributed by atoms with Crippen LogP contribution >= 0.6 is 23.4 Å². The molecule has 162 valence electrons. The van der Waals surface area contributed by atoms with Gasteiger partial charge in [-0.15, -0.1) is 0 Å². The van der Waals surface area contributed by atoms with Gasteiger partial charge in [0.05, 0.1) is 12.1 Å². The highest BCUT2D eigenvalue weighted by Crippen LogP contribution is 2.35. The van der Waals surface area contributed by atoms with Crippen LogP contribution in [0.25, 0.3) is 11.4 Å². The Morgan fingerprint density at radius 1 is 1.19 bits per heavy atom. The predicted molar refractivity (Wildman–Crippen MR) is 123 cm³/mol. The fourth-order valence-electron chi connectivity index (χ4n) is 2.84. The number of pyridine rings is 1. The molecule has 1 amide bonds. The molecule has 2 heterocycles. The van der Waals surface area contributed by atoms with Crippen LogP contribution in [-0.2, 0) is 11.2 Å². The molecule has 9 heteroatoms. The summed E-state index contributed by atoms with van der Waals surface area (Å²) in [5.74, 6) is 1.47. The number of methoxy groups -OCH3 is 1. The Bertz CT molecular complexity index is 1200. The third-order valence-corrected chi connectivity index (χ3v) is 5.97. The van der Waals surface area contributed by atoms with Gasteiger partial charge in [-0.25, -0.2) is 0 Å². The van der Waals surface area contributed by atoms with E-state index in [4.69, 9.17) is 20.9 Å². The Labute approximate surface area is 194 Å². The van der Waals surface area contributed by atoms with Crippen molar-refractivity contribution >= 4 is 35.0 Å². The van der Waals surface area contributed by atoms with Crippen LogP contribution < -0.4 is 10.1 Å². The minimum atomic E-state index is -0.169. The molecule has 0 spiro atoms. The lowest BCUT2D eigenvalue weighted by molar-refractivity contribution is -0.116. The fourth-order valence-corrected chi connectivity index (χ4v) is 3.96. The normalized spacial score (nSPS) is 10.7. The van der Waals surface area contributed by atoms with Crippen LogP contribution in [0.1, 0.15) is 12.3 Å². The predicted octanol–water partition coefficient (Wildman–Crippen LogP) is 5.52. The van der Waals surface area contributed by atoms with Crippen LogP contribution in [0.3, 0.4) is 0 Å². The van der Waals surface area contributed by atoms with Gasteiger partial charge in [-0.1, -0.05) is 28.5 Å². The van der Waals surface area contributed by atoms with E-state index in [0.29, 0.717) is 28.8 Å². The lowest BCUT2D eigenvalue weighted by Crippen LogP contribution is -2.12. The molecular formula is C23H19ClN4O3S. The number of halogens is 1. The Morgan fingerprint density at radius 2 is 2.03 bits per heavy atom. The van der Waals surface area contributed by atoms with E-state index < -0.39 is 0 Å². The van der Waals surface area contributed by atoms with Crippen molar-refractivity contribution in [3.63, 3.8) is 0 Å². The van der Waals surface area contributed by atoms with Gasteiger partial charge < -0.3 is 14.6 Å². The van der Waals surface area contributed by atoms with Gasteiger partial charge in [-0.3, -0.25) is 9.78 Å². The number of rotatable bonds is 8. The number of aromatic nitrogens is 3. The summed E-state index contributed by atoms with van der Waals surface area (Å²) in [7, 11) is 1.63. The molecular weight excluding hydrogens is 448 g/mol. The molecule has 0 radical (unpaired) electrons. The molecule has 0 aliphatic rings. The second-order valence-electron chi connectivity index (χ2n) is 6.72. The van der Waals surface area contributed by atoms with Gasteiger partial charge in [0.2, 0.25) is 17.6 Å². The summed E-state index contributed by atoms with van der Waals surface area (Å²) in [4.78, 5) is 22.6. The van der Waals surface area contributed by atoms with Gasteiger partial charge in [-0.05, 0) is 54.6 Å². The largest absolute Gasteiger partial charge is 0.497 e. The van der Waals surface area contributed by atoms with E-state index >= 15 is 0 Å². The van der Waals surface area contributed by atoms with E-state index in [1.807, 2.05) is 42.5 Å². The molecule has 1 N–H and O–H groups in total. The number of hydrogen-bond acceptors (Lipinski definition) is 7. The van der Waals surface area contributed by atoms with Gasteiger partial charge in [0.15, 0.2) is 0 Å². The average Bonchev–Trinajstić information content (AvgIpc) is 3.30. The first-order valence-corrected chi connectivity index (χ1v) is 10.9. The number of hydrogen-bond donors (Lipinski definition) is 1. The highest BCUT2D eigenvalue weighted by molar-refractivity contribution is 7.99.